The predicted octanol–water partition coefficient (Wildman–Crippen LogP) is 15.9. The van der Waals surface area contributed by atoms with Gasteiger partial charge in [0.2, 0.25) is 0 Å². The monoisotopic (exact) mass is 995 g/mol. The molecule has 0 saturated heterocycles. The van der Waals surface area contributed by atoms with E-state index in [1.807, 2.05) is 18.2 Å². The number of nitrogens with one attached hydrogen (secondary N) is 2. The smallest absolute Gasteiger partial charge is 0.295 e. The van der Waals surface area contributed by atoms with Gasteiger partial charge < -0.3 is 15.7 Å². The third-order valence-corrected chi connectivity index (χ3v) is 14.3. The van der Waals surface area contributed by atoms with Gasteiger partial charge in [-0.25, -0.2) is 0 Å². The van der Waals surface area contributed by atoms with Gasteiger partial charge in [0.25, 0.3) is 20.2 Å². The molecule has 386 valence electrons. The summed E-state index contributed by atoms with van der Waals surface area (Å²) in [5, 5.41) is 33.5. The van der Waals surface area contributed by atoms with E-state index < -0.39 is 35.8 Å². The molecular formula is C54H86N6O7S2. The average Bonchev–Trinajstić information content (AvgIpc) is 3.34. The Morgan fingerprint density at radius 1 is 0.478 bits per heavy atom. The van der Waals surface area contributed by atoms with Crippen LogP contribution in [-0.4, -0.2) is 57.2 Å². The SMILES string of the molecule is CCCCC(CC)CNCC(CC)CCCC.CCCCC(CC)CNCC(CC)CCCC.O=S(=O)(O)c1cc(S(=O)(=O)O)c2c(N=Nc3ccc(N=Nc4ccccc4)cc3)c(O)ccc2c1. The summed E-state index contributed by atoms with van der Waals surface area (Å²) in [5.74, 6) is 3.13. The fourth-order valence-electron chi connectivity index (χ4n) is 7.89. The molecule has 0 aliphatic rings. The van der Waals surface area contributed by atoms with E-state index in [1.54, 1.807) is 36.4 Å². The maximum Gasteiger partial charge on any atom is 0.295 e. The van der Waals surface area contributed by atoms with Crippen molar-refractivity contribution >= 4 is 53.8 Å². The van der Waals surface area contributed by atoms with Crippen molar-refractivity contribution in [2.75, 3.05) is 26.2 Å². The second kappa shape index (κ2) is 34.2. The zero-order valence-corrected chi connectivity index (χ0v) is 44.7. The Balaban J connectivity index is 0.000000404. The fraction of sp³-hybridized carbons (Fsp3) is 0.593. The number of phenols is 1. The second-order valence-electron chi connectivity index (χ2n) is 18.1. The van der Waals surface area contributed by atoms with Crippen molar-refractivity contribution in [3.8, 4) is 5.75 Å². The van der Waals surface area contributed by atoms with E-state index >= 15 is 0 Å². The molecule has 4 aromatic carbocycles. The summed E-state index contributed by atoms with van der Waals surface area (Å²) < 4.78 is 66.0. The number of unbranched alkanes of at least 4 members (excludes halogenated alkanes) is 4. The third kappa shape index (κ3) is 24.0. The Morgan fingerprint density at radius 3 is 1.20 bits per heavy atom. The van der Waals surface area contributed by atoms with Crippen LogP contribution in [0.4, 0.5) is 22.7 Å². The minimum Gasteiger partial charge on any atom is -0.506 e. The first kappa shape index (κ1) is 61.0. The van der Waals surface area contributed by atoms with Gasteiger partial charge in [0.1, 0.15) is 16.3 Å². The Bertz CT molecular complexity index is 2230. The maximum absolute atomic E-state index is 12.0. The quantitative estimate of drug-likeness (QED) is 0.0249. The Kier molecular flexibility index (Phi) is 30.3. The maximum atomic E-state index is 12.0. The van der Waals surface area contributed by atoms with Gasteiger partial charge >= 0.3 is 0 Å². The van der Waals surface area contributed by atoms with Gasteiger partial charge in [-0.3, -0.25) is 9.11 Å². The summed E-state index contributed by atoms with van der Waals surface area (Å²) in [6.07, 6.45) is 21.9. The molecule has 4 rings (SSSR count). The highest BCUT2D eigenvalue weighted by molar-refractivity contribution is 7.86. The van der Waals surface area contributed by atoms with Gasteiger partial charge in [0.05, 0.1) is 22.0 Å². The molecule has 4 aromatic rings. The topological polar surface area (TPSA) is 202 Å². The Labute approximate surface area is 416 Å². The number of benzene rings is 4. The molecule has 0 amide bonds. The van der Waals surface area contributed by atoms with Crippen molar-refractivity contribution in [3.05, 3.63) is 78.9 Å². The van der Waals surface area contributed by atoms with Gasteiger partial charge in [-0.05, 0) is 136 Å². The fourth-order valence-corrected chi connectivity index (χ4v) is 9.25. The Morgan fingerprint density at radius 2 is 0.855 bits per heavy atom. The molecule has 0 fully saturated rings. The number of azo groups is 2. The van der Waals surface area contributed by atoms with Crippen LogP contribution >= 0.6 is 0 Å². The van der Waals surface area contributed by atoms with Crippen molar-refractivity contribution in [2.45, 2.75) is 168 Å². The lowest BCUT2D eigenvalue weighted by Gasteiger charge is -2.19. The van der Waals surface area contributed by atoms with Crippen LogP contribution in [0.25, 0.3) is 10.8 Å². The van der Waals surface area contributed by atoms with Crippen LogP contribution in [0.2, 0.25) is 0 Å². The molecule has 0 aliphatic heterocycles. The molecule has 0 spiro atoms. The van der Waals surface area contributed by atoms with Gasteiger partial charge in [-0.1, -0.05) is 157 Å². The summed E-state index contributed by atoms with van der Waals surface area (Å²) in [5.41, 5.74) is 1.20. The minimum atomic E-state index is -4.98. The van der Waals surface area contributed by atoms with E-state index in [9.17, 15) is 31.0 Å². The largest absolute Gasteiger partial charge is 0.506 e. The number of nitrogens with zero attached hydrogens (tertiary/aromatic N) is 4. The van der Waals surface area contributed by atoms with E-state index in [0.717, 1.165) is 35.8 Å². The van der Waals surface area contributed by atoms with Crippen LogP contribution in [0.5, 0.6) is 5.75 Å². The summed E-state index contributed by atoms with van der Waals surface area (Å²) >= 11 is 0. The second-order valence-corrected chi connectivity index (χ2v) is 20.9. The summed E-state index contributed by atoms with van der Waals surface area (Å²) in [6, 6.07) is 19.4. The van der Waals surface area contributed by atoms with Gasteiger partial charge in [0, 0.05) is 5.39 Å². The number of rotatable bonds is 30. The number of fused-ring (bicyclic) bond motifs is 1. The number of hydrogen-bond donors (Lipinski definition) is 5. The molecule has 5 N–H and O–H groups in total. The molecule has 0 bridgehead atoms. The lowest BCUT2D eigenvalue weighted by molar-refractivity contribution is 0.372. The number of phenolic OH excluding ortho intramolecular Hbond substituents is 1. The van der Waals surface area contributed by atoms with Crippen LogP contribution in [0.3, 0.4) is 0 Å². The number of aromatic hydroxyl groups is 1. The van der Waals surface area contributed by atoms with Crippen LogP contribution < -0.4 is 10.6 Å². The molecule has 0 aliphatic carbocycles. The highest BCUT2D eigenvalue weighted by Gasteiger charge is 2.24. The van der Waals surface area contributed by atoms with Crippen molar-refractivity contribution in [1.29, 1.82) is 0 Å². The molecule has 0 saturated carbocycles. The Hall–Kier alpha value is -4.12. The van der Waals surface area contributed by atoms with Gasteiger partial charge in [-0.2, -0.15) is 32.2 Å². The van der Waals surface area contributed by atoms with Crippen LogP contribution in [0, 0.1) is 23.7 Å². The van der Waals surface area contributed by atoms with Gasteiger partial charge in [-0.15, -0.1) is 5.11 Å². The van der Waals surface area contributed by atoms with E-state index in [2.05, 4.69) is 86.5 Å². The minimum absolute atomic E-state index is 0.0313. The molecule has 0 radical (unpaired) electrons. The summed E-state index contributed by atoms with van der Waals surface area (Å²) in [4.78, 5) is -1.63. The standard InChI is InChI=1S/C22H16N4O7S2.2C16H35N/c27-19-11-6-14-12-18(34(28,29)30)13-20(35(31,32)33)21(14)22(19)26-25-17-9-7-16(8-10-17)24-23-15-4-2-1-3-5-15;2*1-5-9-11-15(7-3)13-17-14-16(8-4)12-10-6-2/h1-13,27H,(H,28,29,30)(H,31,32,33);2*15-17H,5-14H2,1-4H3. The zero-order chi connectivity index (χ0) is 51.1. The van der Waals surface area contributed by atoms with Crippen molar-refractivity contribution in [2.24, 2.45) is 44.1 Å². The summed E-state index contributed by atoms with van der Waals surface area (Å²) in [7, 11) is -9.77. The highest BCUT2D eigenvalue weighted by Crippen LogP contribution is 2.41. The first-order valence-electron chi connectivity index (χ1n) is 25.7. The third-order valence-electron chi connectivity index (χ3n) is 12.6. The van der Waals surface area contributed by atoms with Crippen LogP contribution in [0.15, 0.2) is 109 Å². The van der Waals surface area contributed by atoms with E-state index in [0.29, 0.717) is 23.1 Å². The molecule has 4 unspecified atom stereocenters. The van der Waals surface area contributed by atoms with E-state index in [1.165, 1.54) is 135 Å². The predicted molar refractivity (Wildman–Crippen MR) is 285 cm³/mol. The zero-order valence-electron chi connectivity index (χ0n) is 43.0. The molecule has 0 heterocycles. The van der Waals surface area contributed by atoms with E-state index in [-0.39, 0.29) is 16.5 Å². The normalized spacial score (nSPS) is 13.7. The molecule has 15 heteroatoms. The highest BCUT2D eigenvalue weighted by atomic mass is 32.2. The van der Waals surface area contributed by atoms with E-state index in [4.69, 9.17) is 0 Å². The molecule has 4 atom stereocenters. The van der Waals surface area contributed by atoms with Gasteiger partial charge in [0.15, 0.2) is 0 Å². The van der Waals surface area contributed by atoms with Crippen molar-refractivity contribution in [3.63, 3.8) is 0 Å². The number of hydrogen-bond acceptors (Lipinski definition) is 11. The molecule has 13 nitrogen and oxygen atoms in total. The first-order valence-corrected chi connectivity index (χ1v) is 28.6. The first-order chi connectivity index (χ1) is 33.1. The van der Waals surface area contributed by atoms with Crippen LogP contribution in [0.1, 0.15) is 158 Å². The summed E-state index contributed by atoms with van der Waals surface area (Å²) in [6.45, 7) is 23.4. The van der Waals surface area contributed by atoms with Crippen molar-refractivity contribution in [1.82, 2.24) is 10.6 Å². The molecular weight excluding hydrogens is 909 g/mol. The van der Waals surface area contributed by atoms with Crippen LogP contribution in [-0.2, 0) is 20.2 Å². The average molecular weight is 995 g/mol. The molecule has 69 heavy (non-hydrogen) atoms. The van der Waals surface area contributed by atoms with Crippen molar-refractivity contribution < 1.29 is 31.0 Å². The lowest BCUT2D eigenvalue weighted by Crippen LogP contribution is -2.28. The lowest BCUT2D eigenvalue weighted by atomic mass is 9.97. The molecule has 0 aromatic heterocycles.